The molecule has 0 saturated heterocycles. The first kappa shape index (κ1) is 13.9. The van der Waals surface area contributed by atoms with E-state index in [4.69, 9.17) is 15.7 Å². The Hall–Kier alpha value is -1.07. The average Bonchev–Trinajstić information content (AvgIpc) is 2.21. The Bertz CT molecular complexity index is 205. The molecule has 0 bridgehead atoms. The maximum absolute atomic E-state index is 8.27. The molecule has 0 aromatic heterocycles. The predicted molar refractivity (Wildman–Crippen MR) is 61.1 cm³/mol. The van der Waals surface area contributed by atoms with Crippen molar-refractivity contribution in [1.82, 2.24) is 5.32 Å². The van der Waals surface area contributed by atoms with Gasteiger partial charge in [-0.2, -0.15) is 0 Å². The smallest absolute Gasteiger partial charge is 0.139 e. The second-order valence-corrected chi connectivity index (χ2v) is 3.45. The molecule has 0 atom stereocenters. The van der Waals surface area contributed by atoms with Crippen LogP contribution in [0.4, 0.5) is 0 Å². The van der Waals surface area contributed by atoms with Crippen LogP contribution in [-0.4, -0.2) is 37.3 Å². The molecule has 5 heteroatoms. The Labute approximate surface area is 91.0 Å². The van der Waals surface area contributed by atoms with E-state index >= 15 is 0 Å². The Kier molecular flexibility index (Phi) is 8.81. The molecule has 0 aromatic carbocycles. The summed E-state index contributed by atoms with van der Waals surface area (Å²) in [6.45, 7) is 8.61. The number of amidine groups is 1. The van der Waals surface area contributed by atoms with Crippen LogP contribution < -0.4 is 11.1 Å². The van der Waals surface area contributed by atoms with E-state index in [2.05, 4.69) is 17.1 Å². The molecule has 5 nitrogen and oxygen atoms in total. The molecule has 0 saturated carbocycles. The summed E-state index contributed by atoms with van der Waals surface area (Å²) in [5.41, 5.74) is 6.34. The fraction of sp³-hybridized carbons (Fsp3) is 0.700. The topological polar surface area (TPSA) is 79.9 Å². The van der Waals surface area contributed by atoms with Gasteiger partial charge in [-0.15, -0.1) is 0 Å². The van der Waals surface area contributed by atoms with E-state index in [0.29, 0.717) is 19.6 Å². The average molecular weight is 215 g/mol. The summed E-state index contributed by atoms with van der Waals surface area (Å²) in [6.07, 6.45) is 1.46. The van der Waals surface area contributed by atoms with Crippen LogP contribution in [0.2, 0.25) is 0 Å². The normalized spacial score (nSPS) is 11.7. The van der Waals surface area contributed by atoms with Gasteiger partial charge in [-0.1, -0.05) is 17.3 Å². The summed E-state index contributed by atoms with van der Waals surface area (Å²) in [5, 5.41) is 14.4. The Morgan fingerprint density at radius 3 is 2.87 bits per heavy atom. The zero-order valence-electron chi connectivity index (χ0n) is 9.33. The van der Waals surface area contributed by atoms with Crippen molar-refractivity contribution in [2.24, 2.45) is 10.9 Å². The number of nitrogens with two attached hydrogens (primary N) is 1. The molecule has 0 rings (SSSR count). The minimum atomic E-state index is 0.273. The lowest BCUT2D eigenvalue weighted by Gasteiger charge is -2.05. The van der Waals surface area contributed by atoms with Crippen molar-refractivity contribution in [3.8, 4) is 0 Å². The number of nitrogens with one attached hydrogen (secondary N) is 1. The zero-order valence-corrected chi connectivity index (χ0v) is 9.33. The van der Waals surface area contributed by atoms with Crippen molar-refractivity contribution >= 4 is 5.84 Å². The van der Waals surface area contributed by atoms with Gasteiger partial charge in [0.1, 0.15) is 5.84 Å². The Balaban J connectivity index is 3.08. The predicted octanol–water partition coefficient (Wildman–Crippen LogP) is 0.695. The second kappa shape index (κ2) is 9.48. The molecule has 0 aromatic rings. The van der Waals surface area contributed by atoms with E-state index in [9.17, 15) is 0 Å². The molecule has 88 valence electrons. The third-order valence-electron chi connectivity index (χ3n) is 1.69. The van der Waals surface area contributed by atoms with Gasteiger partial charge in [-0.3, -0.25) is 0 Å². The van der Waals surface area contributed by atoms with Crippen LogP contribution in [0.3, 0.4) is 0 Å². The Morgan fingerprint density at radius 2 is 2.27 bits per heavy atom. The number of hydrogen-bond acceptors (Lipinski definition) is 4. The number of ether oxygens (including phenoxy) is 1. The van der Waals surface area contributed by atoms with E-state index in [0.717, 1.165) is 25.1 Å². The summed E-state index contributed by atoms with van der Waals surface area (Å²) in [5.74, 6) is 0.273. The summed E-state index contributed by atoms with van der Waals surface area (Å²) in [4.78, 5) is 0. The molecule has 0 radical (unpaired) electrons. The van der Waals surface area contributed by atoms with E-state index in [1.54, 1.807) is 0 Å². The molecule has 0 spiro atoms. The molecular weight excluding hydrogens is 194 g/mol. The van der Waals surface area contributed by atoms with Gasteiger partial charge in [0.2, 0.25) is 0 Å². The molecule has 4 N–H and O–H groups in total. The summed E-state index contributed by atoms with van der Waals surface area (Å²) >= 11 is 0. The third kappa shape index (κ3) is 10.9. The Morgan fingerprint density at radius 1 is 1.53 bits per heavy atom. The molecule has 0 amide bonds. The quantitative estimate of drug-likeness (QED) is 0.132. The largest absolute Gasteiger partial charge is 0.409 e. The fourth-order valence-corrected chi connectivity index (χ4v) is 0.960. The lowest BCUT2D eigenvalue weighted by molar-refractivity contribution is 0.158. The lowest BCUT2D eigenvalue weighted by atomic mass is 10.3. The third-order valence-corrected chi connectivity index (χ3v) is 1.69. The molecule has 0 heterocycles. The SMILES string of the molecule is C=C(C)COCCNCCCC(N)=NO. The van der Waals surface area contributed by atoms with E-state index in [1.807, 2.05) is 6.92 Å². The van der Waals surface area contributed by atoms with Crippen LogP contribution in [0.5, 0.6) is 0 Å². The van der Waals surface area contributed by atoms with Gasteiger partial charge in [-0.05, 0) is 19.9 Å². The van der Waals surface area contributed by atoms with E-state index < -0.39 is 0 Å². The highest BCUT2D eigenvalue weighted by Crippen LogP contribution is 1.88. The van der Waals surface area contributed by atoms with Crippen LogP contribution in [0.15, 0.2) is 17.3 Å². The zero-order chi connectivity index (χ0) is 11.5. The van der Waals surface area contributed by atoms with Crippen molar-refractivity contribution in [1.29, 1.82) is 0 Å². The van der Waals surface area contributed by atoms with Crippen molar-refractivity contribution in [2.45, 2.75) is 19.8 Å². The monoisotopic (exact) mass is 215 g/mol. The second-order valence-electron chi connectivity index (χ2n) is 3.45. The molecule has 0 aliphatic carbocycles. The highest BCUT2D eigenvalue weighted by molar-refractivity contribution is 5.79. The van der Waals surface area contributed by atoms with Gasteiger partial charge < -0.3 is 21.0 Å². The van der Waals surface area contributed by atoms with E-state index in [1.165, 1.54) is 0 Å². The van der Waals surface area contributed by atoms with Gasteiger partial charge >= 0.3 is 0 Å². The van der Waals surface area contributed by atoms with Crippen LogP contribution in [0.1, 0.15) is 19.8 Å². The summed E-state index contributed by atoms with van der Waals surface area (Å²) in [7, 11) is 0. The number of oxime groups is 1. The van der Waals surface area contributed by atoms with Crippen LogP contribution in [-0.2, 0) is 4.74 Å². The standard InChI is InChI=1S/C10H21N3O2/c1-9(2)8-15-7-6-12-5-3-4-10(11)13-14/h12,14H,1,3-8H2,2H3,(H2,11,13). The minimum absolute atomic E-state index is 0.273. The van der Waals surface area contributed by atoms with Crippen LogP contribution >= 0.6 is 0 Å². The fourth-order valence-electron chi connectivity index (χ4n) is 0.960. The van der Waals surface area contributed by atoms with Gasteiger partial charge in [0.15, 0.2) is 0 Å². The lowest BCUT2D eigenvalue weighted by Crippen LogP contribution is -2.22. The number of hydrogen-bond donors (Lipinski definition) is 3. The maximum Gasteiger partial charge on any atom is 0.139 e. The van der Waals surface area contributed by atoms with Crippen LogP contribution in [0.25, 0.3) is 0 Å². The van der Waals surface area contributed by atoms with Crippen molar-refractivity contribution in [2.75, 3.05) is 26.3 Å². The van der Waals surface area contributed by atoms with Gasteiger partial charge in [-0.25, -0.2) is 0 Å². The molecule has 15 heavy (non-hydrogen) atoms. The molecule has 0 aliphatic rings. The van der Waals surface area contributed by atoms with E-state index in [-0.39, 0.29) is 5.84 Å². The van der Waals surface area contributed by atoms with Crippen LogP contribution in [0, 0.1) is 0 Å². The maximum atomic E-state index is 8.27. The molecule has 0 fully saturated rings. The highest BCUT2D eigenvalue weighted by Gasteiger charge is 1.93. The first-order valence-electron chi connectivity index (χ1n) is 5.06. The first-order valence-corrected chi connectivity index (χ1v) is 5.06. The molecular formula is C10H21N3O2. The van der Waals surface area contributed by atoms with Crippen molar-refractivity contribution < 1.29 is 9.94 Å². The van der Waals surface area contributed by atoms with Crippen molar-refractivity contribution in [3.63, 3.8) is 0 Å². The summed E-state index contributed by atoms with van der Waals surface area (Å²) in [6, 6.07) is 0. The van der Waals surface area contributed by atoms with Gasteiger partial charge in [0.25, 0.3) is 0 Å². The highest BCUT2D eigenvalue weighted by atomic mass is 16.5. The minimum Gasteiger partial charge on any atom is -0.409 e. The number of rotatable bonds is 9. The van der Waals surface area contributed by atoms with Crippen molar-refractivity contribution in [3.05, 3.63) is 12.2 Å². The van der Waals surface area contributed by atoms with Gasteiger partial charge in [0.05, 0.1) is 13.2 Å². The summed E-state index contributed by atoms with van der Waals surface area (Å²) < 4.78 is 5.29. The number of nitrogens with zero attached hydrogens (tertiary/aromatic N) is 1. The van der Waals surface area contributed by atoms with Gasteiger partial charge in [0, 0.05) is 13.0 Å². The molecule has 0 aliphatic heterocycles. The molecule has 0 unspecified atom stereocenters. The first-order chi connectivity index (χ1) is 7.16.